The van der Waals surface area contributed by atoms with Gasteiger partial charge in [-0.1, -0.05) is 17.7 Å². The molecule has 0 unspecified atom stereocenters. The third kappa shape index (κ3) is 3.67. The Morgan fingerprint density at radius 2 is 1.81 bits per heavy atom. The predicted octanol–water partition coefficient (Wildman–Crippen LogP) is 5.23. The maximum absolute atomic E-state index is 13.3. The van der Waals surface area contributed by atoms with E-state index in [4.69, 9.17) is 16.0 Å². The average Bonchev–Trinajstić information content (AvgIpc) is 2.54. The summed E-state index contributed by atoms with van der Waals surface area (Å²) in [4.78, 5) is 11.9. The fourth-order valence-electron chi connectivity index (χ4n) is 3.04. The second kappa shape index (κ2) is 6.86. The molecule has 136 valence electrons. The van der Waals surface area contributed by atoms with Crippen LogP contribution >= 0.6 is 11.6 Å². The van der Waals surface area contributed by atoms with Crippen molar-refractivity contribution in [1.29, 1.82) is 0 Å². The molecule has 0 bridgehead atoms. The molecule has 0 amide bonds. The zero-order valence-electron chi connectivity index (χ0n) is 15.2. The molecule has 0 aliphatic carbocycles. The van der Waals surface area contributed by atoms with Crippen molar-refractivity contribution in [1.82, 2.24) is 5.32 Å². The maximum atomic E-state index is 13.3. The van der Waals surface area contributed by atoms with Crippen molar-refractivity contribution in [3.05, 3.63) is 79.9 Å². The number of aryl methyl sites for hydroxylation is 2. The van der Waals surface area contributed by atoms with Gasteiger partial charge in [-0.05, 0) is 74.2 Å². The molecular formula is C21H21ClFNO2. The highest BCUT2D eigenvalue weighted by molar-refractivity contribution is 6.31. The van der Waals surface area contributed by atoms with E-state index in [0.29, 0.717) is 17.2 Å². The molecular weight excluding hydrogens is 353 g/mol. The molecule has 1 heterocycles. The number of hydrogen-bond acceptors (Lipinski definition) is 3. The first-order chi connectivity index (χ1) is 12.2. The largest absolute Gasteiger partial charge is 0.423 e. The second-order valence-corrected chi connectivity index (χ2v) is 7.53. The molecule has 0 spiro atoms. The Morgan fingerprint density at radius 3 is 2.50 bits per heavy atom. The van der Waals surface area contributed by atoms with Crippen LogP contribution in [0.1, 0.15) is 36.1 Å². The zero-order chi connectivity index (χ0) is 19.1. The highest BCUT2D eigenvalue weighted by Crippen LogP contribution is 2.29. The lowest BCUT2D eigenvalue weighted by Gasteiger charge is -2.28. The van der Waals surface area contributed by atoms with Gasteiger partial charge in [-0.2, -0.15) is 0 Å². The molecule has 3 rings (SSSR count). The molecule has 0 saturated carbocycles. The van der Waals surface area contributed by atoms with Gasteiger partial charge in [-0.15, -0.1) is 0 Å². The van der Waals surface area contributed by atoms with Crippen molar-refractivity contribution in [3.8, 4) is 0 Å². The van der Waals surface area contributed by atoms with E-state index in [-0.39, 0.29) is 11.4 Å². The number of nitrogens with one attached hydrogen (secondary N) is 1. The molecule has 1 N–H and O–H groups in total. The van der Waals surface area contributed by atoms with Crippen molar-refractivity contribution >= 4 is 22.6 Å². The van der Waals surface area contributed by atoms with Gasteiger partial charge in [0.2, 0.25) is 0 Å². The van der Waals surface area contributed by atoms with Gasteiger partial charge in [-0.3, -0.25) is 0 Å². The Labute approximate surface area is 156 Å². The van der Waals surface area contributed by atoms with E-state index in [9.17, 15) is 9.18 Å². The minimum Gasteiger partial charge on any atom is -0.423 e. The molecule has 0 aliphatic heterocycles. The van der Waals surface area contributed by atoms with Gasteiger partial charge in [0.1, 0.15) is 11.4 Å². The topological polar surface area (TPSA) is 42.2 Å². The van der Waals surface area contributed by atoms with Gasteiger partial charge in [0.05, 0.1) is 0 Å². The van der Waals surface area contributed by atoms with Crippen LogP contribution in [-0.2, 0) is 12.1 Å². The molecule has 2 aromatic carbocycles. The summed E-state index contributed by atoms with van der Waals surface area (Å²) in [5.74, 6) is -0.368. The fraction of sp³-hybridized carbons (Fsp3) is 0.286. The highest BCUT2D eigenvalue weighted by Gasteiger charge is 2.23. The van der Waals surface area contributed by atoms with Crippen molar-refractivity contribution in [3.63, 3.8) is 0 Å². The number of rotatable bonds is 4. The quantitative estimate of drug-likeness (QED) is 0.637. The van der Waals surface area contributed by atoms with Gasteiger partial charge in [-0.25, -0.2) is 9.18 Å². The molecule has 1 aromatic heterocycles. The molecule has 26 heavy (non-hydrogen) atoms. The molecule has 5 heteroatoms. The van der Waals surface area contributed by atoms with Crippen LogP contribution in [0.15, 0.2) is 45.6 Å². The Kier molecular flexibility index (Phi) is 4.91. The molecule has 0 radical (unpaired) electrons. The molecule has 3 aromatic rings. The molecule has 0 saturated heterocycles. The minimum atomic E-state index is -0.507. The van der Waals surface area contributed by atoms with Gasteiger partial charge in [0.25, 0.3) is 0 Å². The SMILES string of the molecule is Cc1cc2oc(=O)cc(CNC(C)(C)c3ccc(F)cc3Cl)c2cc1C. The van der Waals surface area contributed by atoms with Gasteiger partial charge in [0, 0.05) is 28.6 Å². The summed E-state index contributed by atoms with van der Waals surface area (Å²) in [6.45, 7) is 8.40. The molecule has 0 aliphatic rings. The van der Waals surface area contributed by atoms with E-state index in [1.165, 1.54) is 18.2 Å². The minimum absolute atomic E-state index is 0.367. The van der Waals surface area contributed by atoms with E-state index in [2.05, 4.69) is 5.32 Å². The van der Waals surface area contributed by atoms with Crippen LogP contribution < -0.4 is 10.9 Å². The van der Waals surface area contributed by atoms with Crippen molar-refractivity contribution in [2.24, 2.45) is 0 Å². The summed E-state index contributed by atoms with van der Waals surface area (Å²) in [6.07, 6.45) is 0. The van der Waals surface area contributed by atoms with Crippen LogP contribution in [-0.4, -0.2) is 0 Å². The smallest absolute Gasteiger partial charge is 0.336 e. The molecule has 0 atom stereocenters. The third-order valence-corrected chi connectivity index (χ3v) is 5.08. The number of fused-ring (bicyclic) bond motifs is 1. The summed E-state index contributed by atoms with van der Waals surface area (Å²) in [6, 6.07) is 9.80. The molecule has 0 fully saturated rings. The second-order valence-electron chi connectivity index (χ2n) is 7.13. The van der Waals surface area contributed by atoms with Crippen molar-refractivity contribution in [2.75, 3.05) is 0 Å². The highest BCUT2D eigenvalue weighted by atomic mass is 35.5. The van der Waals surface area contributed by atoms with Gasteiger partial charge >= 0.3 is 5.63 Å². The maximum Gasteiger partial charge on any atom is 0.336 e. The van der Waals surface area contributed by atoms with E-state index in [1.807, 2.05) is 39.8 Å². The van der Waals surface area contributed by atoms with Crippen LogP contribution in [0.5, 0.6) is 0 Å². The summed E-state index contributed by atoms with van der Waals surface area (Å²) in [7, 11) is 0. The summed E-state index contributed by atoms with van der Waals surface area (Å²) < 4.78 is 18.7. The summed E-state index contributed by atoms with van der Waals surface area (Å²) in [5, 5.41) is 4.69. The fourth-order valence-corrected chi connectivity index (χ4v) is 3.44. The van der Waals surface area contributed by atoms with Crippen molar-refractivity contribution < 1.29 is 8.81 Å². The van der Waals surface area contributed by atoms with Crippen LogP contribution in [0.25, 0.3) is 11.0 Å². The number of halogens is 2. The van der Waals surface area contributed by atoms with E-state index in [1.54, 1.807) is 6.07 Å². The van der Waals surface area contributed by atoms with Gasteiger partial charge < -0.3 is 9.73 Å². The Morgan fingerprint density at radius 1 is 1.12 bits per heavy atom. The zero-order valence-corrected chi connectivity index (χ0v) is 16.0. The van der Waals surface area contributed by atoms with E-state index >= 15 is 0 Å². The average molecular weight is 374 g/mol. The Balaban J connectivity index is 1.96. The lowest BCUT2D eigenvalue weighted by atomic mass is 9.93. The third-order valence-electron chi connectivity index (χ3n) is 4.77. The first-order valence-electron chi connectivity index (χ1n) is 8.42. The first-order valence-corrected chi connectivity index (χ1v) is 8.80. The van der Waals surface area contributed by atoms with Crippen LogP contribution in [0, 0.1) is 19.7 Å². The van der Waals surface area contributed by atoms with E-state index in [0.717, 1.165) is 27.6 Å². The number of benzene rings is 2. The summed E-state index contributed by atoms with van der Waals surface area (Å²) >= 11 is 6.21. The predicted molar refractivity (Wildman–Crippen MR) is 103 cm³/mol. The first kappa shape index (κ1) is 18.6. The summed E-state index contributed by atoms with van der Waals surface area (Å²) in [5.41, 5.74) is 3.54. The number of hydrogen-bond donors (Lipinski definition) is 1. The standard InChI is InChI=1S/C21H21ClFNO2/c1-12-7-16-14(9-20(25)26-19(16)8-13(12)2)11-24-21(3,4)17-6-5-15(23)10-18(17)22/h5-10,24H,11H2,1-4H3. The van der Waals surface area contributed by atoms with Crippen LogP contribution in [0.3, 0.4) is 0 Å². The monoisotopic (exact) mass is 373 g/mol. The normalized spacial score (nSPS) is 11.9. The molecule has 3 nitrogen and oxygen atoms in total. The lowest BCUT2D eigenvalue weighted by molar-refractivity contribution is 0.400. The Bertz CT molecular complexity index is 1040. The van der Waals surface area contributed by atoms with Crippen molar-refractivity contribution in [2.45, 2.75) is 39.8 Å². The van der Waals surface area contributed by atoms with Crippen LogP contribution in [0.2, 0.25) is 5.02 Å². The van der Waals surface area contributed by atoms with E-state index < -0.39 is 5.54 Å². The Hall–Kier alpha value is -2.17. The van der Waals surface area contributed by atoms with Gasteiger partial charge in [0.15, 0.2) is 0 Å². The van der Waals surface area contributed by atoms with Crippen LogP contribution in [0.4, 0.5) is 4.39 Å². The lowest BCUT2D eigenvalue weighted by Crippen LogP contribution is -2.36.